The molecule has 2 N–H and O–H groups in total. The van der Waals surface area contributed by atoms with Crippen molar-refractivity contribution in [2.24, 2.45) is 0 Å². The summed E-state index contributed by atoms with van der Waals surface area (Å²) in [6, 6.07) is 0.0336. The molecule has 18 heavy (non-hydrogen) atoms. The topological polar surface area (TPSA) is 70.7 Å². The van der Waals surface area contributed by atoms with Gasteiger partial charge in [-0.1, -0.05) is 0 Å². The van der Waals surface area contributed by atoms with Crippen LogP contribution in [-0.2, 0) is 9.53 Å². The minimum absolute atomic E-state index is 0.00693. The first kappa shape index (κ1) is 13.1. The first-order valence-electron chi connectivity index (χ1n) is 6.36. The molecule has 2 aliphatic rings. The monoisotopic (exact) mass is 255 g/mol. The van der Waals surface area contributed by atoms with Gasteiger partial charge in [-0.3, -0.25) is 9.69 Å². The van der Waals surface area contributed by atoms with Crippen molar-refractivity contribution in [1.29, 1.82) is 0 Å². The minimum Gasteiger partial charge on any atom is -0.444 e. The van der Waals surface area contributed by atoms with Gasteiger partial charge >= 0.3 is 6.09 Å². The van der Waals surface area contributed by atoms with Crippen molar-refractivity contribution in [1.82, 2.24) is 15.5 Å². The number of piperidine rings is 1. The van der Waals surface area contributed by atoms with E-state index in [0.717, 1.165) is 13.0 Å². The number of nitrogens with zero attached hydrogens (tertiary/aromatic N) is 1. The van der Waals surface area contributed by atoms with E-state index in [0.29, 0.717) is 6.54 Å². The lowest BCUT2D eigenvalue weighted by Crippen LogP contribution is -2.67. The first-order chi connectivity index (χ1) is 8.37. The number of piperazine rings is 1. The molecule has 2 heterocycles. The summed E-state index contributed by atoms with van der Waals surface area (Å²) in [5, 5.41) is 6.13. The standard InChI is InChI=1S/C12H21N3O3/c1-12(2,3)18-11(17)15-7-10(16)14-8-6-13-5-4-9(8)15/h8-9,13H,4-7H2,1-3H3,(H,14,16)/t8-,9-/m0/s1. The maximum Gasteiger partial charge on any atom is 0.411 e. The molecular weight excluding hydrogens is 234 g/mol. The number of fused-ring (bicyclic) bond motifs is 1. The van der Waals surface area contributed by atoms with Gasteiger partial charge in [0.15, 0.2) is 0 Å². The van der Waals surface area contributed by atoms with E-state index in [-0.39, 0.29) is 24.5 Å². The van der Waals surface area contributed by atoms with Crippen molar-refractivity contribution in [2.45, 2.75) is 44.9 Å². The van der Waals surface area contributed by atoms with E-state index < -0.39 is 11.7 Å². The van der Waals surface area contributed by atoms with Crippen LogP contribution in [-0.4, -0.2) is 54.2 Å². The van der Waals surface area contributed by atoms with E-state index in [1.54, 1.807) is 4.90 Å². The molecule has 0 unspecified atom stereocenters. The molecular formula is C12H21N3O3. The van der Waals surface area contributed by atoms with Crippen LogP contribution in [0.4, 0.5) is 4.79 Å². The molecule has 102 valence electrons. The Labute approximate surface area is 107 Å². The Kier molecular flexibility index (Phi) is 3.47. The van der Waals surface area contributed by atoms with Crippen LogP contribution >= 0.6 is 0 Å². The number of hydrogen-bond acceptors (Lipinski definition) is 4. The molecule has 2 atom stereocenters. The summed E-state index contributed by atoms with van der Waals surface area (Å²) in [7, 11) is 0. The Hall–Kier alpha value is -1.30. The Morgan fingerprint density at radius 3 is 2.83 bits per heavy atom. The molecule has 0 aromatic rings. The number of ether oxygens (including phenoxy) is 1. The number of carbonyl (C=O) groups is 2. The average Bonchev–Trinajstić information content (AvgIpc) is 2.25. The SMILES string of the molecule is CC(C)(C)OC(=O)N1CC(=O)N[C@H]2CNCC[C@@H]21. The van der Waals surface area contributed by atoms with Crippen molar-refractivity contribution in [3.8, 4) is 0 Å². The fourth-order valence-electron chi connectivity index (χ4n) is 2.41. The Bertz CT molecular complexity index is 351. The maximum absolute atomic E-state index is 12.1. The third-order valence-corrected chi connectivity index (χ3v) is 3.13. The van der Waals surface area contributed by atoms with Crippen molar-refractivity contribution >= 4 is 12.0 Å². The van der Waals surface area contributed by atoms with Gasteiger partial charge in [0.1, 0.15) is 12.1 Å². The van der Waals surface area contributed by atoms with Gasteiger partial charge in [-0.15, -0.1) is 0 Å². The van der Waals surface area contributed by atoms with Gasteiger partial charge in [-0.2, -0.15) is 0 Å². The summed E-state index contributed by atoms with van der Waals surface area (Å²) in [5.41, 5.74) is -0.534. The van der Waals surface area contributed by atoms with E-state index in [9.17, 15) is 9.59 Å². The predicted molar refractivity (Wildman–Crippen MR) is 66.1 cm³/mol. The lowest BCUT2D eigenvalue weighted by Gasteiger charge is -2.44. The normalized spacial score (nSPS) is 28.4. The van der Waals surface area contributed by atoms with E-state index in [4.69, 9.17) is 4.74 Å². The van der Waals surface area contributed by atoms with Gasteiger partial charge in [-0.25, -0.2) is 4.79 Å². The van der Waals surface area contributed by atoms with Gasteiger partial charge in [0.25, 0.3) is 0 Å². The molecule has 0 bridgehead atoms. The van der Waals surface area contributed by atoms with Crippen LogP contribution in [0.15, 0.2) is 0 Å². The quantitative estimate of drug-likeness (QED) is 0.643. The molecule has 6 heteroatoms. The molecule has 6 nitrogen and oxygen atoms in total. The zero-order chi connectivity index (χ0) is 13.3. The molecule has 2 saturated heterocycles. The second-order valence-corrected chi connectivity index (χ2v) is 5.84. The van der Waals surface area contributed by atoms with Gasteiger partial charge in [0, 0.05) is 6.54 Å². The third kappa shape index (κ3) is 2.93. The number of carbonyl (C=O) groups excluding carboxylic acids is 2. The minimum atomic E-state index is -0.534. The van der Waals surface area contributed by atoms with E-state index in [1.807, 2.05) is 20.8 Å². The van der Waals surface area contributed by atoms with Crippen LogP contribution in [0, 0.1) is 0 Å². The third-order valence-electron chi connectivity index (χ3n) is 3.13. The van der Waals surface area contributed by atoms with Crippen LogP contribution in [0.3, 0.4) is 0 Å². The molecule has 0 aliphatic carbocycles. The fourth-order valence-corrected chi connectivity index (χ4v) is 2.41. The highest BCUT2D eigenvalue weighted by atomic mass is 16.6. The molecule has 0 aromatic carbocycles. The van der Waals surface area contributed by atoms with Crippen molar-refractivity contribution in [3.05, 3.63) is 0 Å². The zero-order valence-electron chi connectivity index (χ0n) is 11.2. The molecule has 2 rings (SSSR count). The highest BCUT2D eigenvalue weighted by molar-refractivity contribution is 5.84. The van der Waals surface area contributed by atoms with E-state index in [1.165, 1.54) is 0 Å². The Morgan fingerprint density at radius 2 is 2.17 bits per heavy atom. The van der Waals surface area contributed by atoms with Crippen molar-refractivity contribution < 1.29 is 14.3 Å². The van der Waals surface area contributed by atoms with Gasteiger partial charge in [0.2, 0.25) is 5.91 Å². The van der Waals surface area contributed by atoms with Crippen LogP contribution in [0.5, 0.6) is 0 Å². The van der Waals surface area contributed by atoms with Gasteiger partial charge in [-0.05, 0) is 33.7 Å². The predicted octanol–water partition coefficient (Wildman–Crippen LogP) is 0.0838. The maximum atomic E-state index is 12.1. The summed E-state index contributed by atoms with van der Waals surface area (Å²) in [5.74, 6) is -0.120. The van der Waals surface area contributed by atoms with Gasteiger partial charge in [0.05, 0.1) is 12.1 Å². The first-order valence-corrected chi connectivity index (χ1v) is 6.36. The summed E-state index contributed by atoms with van der Waals surface area (Å²) in [4.78, 5) is 25.3. The molecule has 0 spiro atoms. The molecule has 2 aliphatic heterocycles. The van der Waals surface area contributed by atoms with Crippen molar-refractivity contribution in [3.63, 3.8) is 0 Å². The summed E-state index contributed by atoms with van der Waals surface area (Å²) < 4.78 is 5.36. The number of rotatable bonds is 0. The Balaban J connectivity index is 2.09. The average molecular weight is 255 g/mol. The molecule has 0 aromatic heterocycles. The van der Waals surface area contributed by atoms with E-state index >= 15 is 0 Å². The van der Waals surface area contributed by atoms with Crippen LogP contribution in [0.2, 0.25) is 0 Å². The van der Waals surface area contributed by atoms with Gasteiger partial charge < -0.3 is 15.4 Å². The number of nitrogens with one attached hydrogen (secondary N) is 2. The molecule has 2 amide bonds. The van der Waals surface area contributed by atoms with E-state index in [2.05, 4.69) is 10.6 Å². The van der Waals surface area contributed by atoms with Crippen LogP contribution in [0.1, 0.15) is 27.2 Å². The number of hydrogen-bond donors (Lipinski definition) is 2. The summed E-state index contributed by atoms with van der Waals surface area (Å²) >= 11 is 0. The Morgan fingerprint density at radius 1 is 1.44 bits per heavy atom. The zero-order valence-corrected chi connectivity index (χ0v) is 11.2. The molecule has 0 saturated carbocycles. The summed E-state index contributed by atoms with van der Waals surface area (Å²) in [6.07, 6.45) is 0.443. The fraction of sp³-hybridized carbons (Fsp3) is 0.833. The summed E-state index contributed by atoms with van der Waals surface area (Å²) in [6.45, 7) is 7.14. The molecule has 2 fully saturated rings. The highest BCUT2D eigenvalue weighted by Crippen LogP contribution is 2.19. The smallest absolute Gasteiger partial charge is 0.411 e. The number of amides is 2. The van der Waals surface area contributed by atoms with Crippen molar-refractivity contribution in [2.75, 3.05) is 19.6 Å². The van der Waals surface area contributed by atoms with Crippen LogP contribution < -0.4 is 10.6 Å². The highest BCUT2D eigenvalue weighted by Gasteiger charge is 2.40. The second kappa shape index (κ2) is 4.76. The second-order valence-electron chi connectivity index (χ2n) is 5.84. The van der Waals surface area contributed by atoms with Crippen LogP contribution in [0.25, 0.3) is 0 Å². The largest absolute Gasteiger partial charge is 0.444 e. The lowest BCUT2D eigenvalue weighted by atomic mass is 9.97. The lowest BCUT2D eigenvalue weighted by molar-refractivity contribution is -0.127. The molecule has 0 radical (unpaired) electrons.